The molecular weight excluding hydrogens is 319 g/mol. The zero-order chi connectivity index (χ0) is 17.2. The van der Waals surface area contributed by atoms with Crippen molar-refractivity contribution in [3.8, 4) is 0 Å². The van der Waals surface area contributed by atoms with Gasteiger partial charge in [-0.3, -0.25) is 14.3 Å². The van der Waals surface area contributed by atoms with Crippen LogP contribution in [0.5, 0.6) is 0 Å². The minimum absolute atomic E-state index is 0.277. The van der Waals surface area contributed by atoms with Crippen LogP contribution in [-0.2, 0) is 6.54 Å². The van der Waals surface area contributed by atoms with Crippen LogP contribution in [0, 0.1) is 5.82 Å². The molecule has 2 aromatic heterocycles. The van der Waals surface area contributed by atoms with Crippen LogP contribution in [0.4, 0.5) is 4.39 Å². The standard InChI is InChI=1S/C19H21FN4O/c20-15-5-3-14(4-6-15)18(25)10-16-2-1-8-23(16)13-17-11-22-19-12-21-7-9-24(17)19/h3-7,9,11-12,16,18,25H,1-2,8,10,13H2/t16-,18-/m1/s1. The van der Waals surface area contributed by atoms with Crippen LogP contribution in [0.3, 0.4) is 0 Å². The Balaban J connectivity index is 1.46. The van der Waals surface area contributed by atoms with E-state index in [2.05, 4.69) is 19.3 Å². The number of aliphatic hydroxyl groups is 1. The van der Waals surface area contributed by atoms with Crippen molar-refractivity contribution in [2.45, 2.75) is 38.0 Å². The molecule has 1 N–H and O–H groups in total. The number of aromatic nitrogens is 3. The smallest absolute Gasteiger partial charge is 0.155 e. The second kappa shape index (κ2) is 6.90. The van der Waals surface area contributed by atoms with E-state index in [1.165, 1.54) is 12.1 Å². The van der Waals surface area contributed by atoms with Crippen LogP contribution in [0.15, 0.2) is 49.1 Å². The third-order valence-corrected chi connectivity index (χ3v) is 5.01. The van der Waals surface area contributed by atoms with Crippen molar-refractivity contribution in [2.24, 2.45) is 0 Å². The number of imidazole rings is 1. The highest BCUT2D eigenvalue weighted by atomic mass is 19.1. The monoisotopic (exact) mass is 340 g/mol. The Morgan fingerprint density at radius 3 is 2.92 bits per heavy atom. The van der Waals surface area contributed by atoms with Gasteiger partial charge in [-0.05, 0) is 43.5 Å². The normalized spacial score (nSPS) is 19.5. The predicted molar refractivity (Wildman–Crippen MR) is 92.4 cm³/mol. The van der Waals surface area contributed by atoms with Crippen LogP contribution in [0.25, 0.3) is 5.65 Å². The van der Waals surface area contributed by atoms with Gasteiger partial charge in [0, 0.05) is 25.0 Å². The van der Waals surface area contributed by atoms with Crippen molar-refractivity contribution in [3.05, 3.63) is 66.1 Å². The van der Waals surface area contributed by atoms with Gasteiger partial charge in [-0.2, -0.15) is 0 Å². The van der Waals surface area contributed by atoms with Crippen LogP contribution < -0.4 is 0 Å². The van der Waals surface area contributed by atoms with Crippen molar-refractivity contribution in [3.63, 3.8) is 0 Å². The van der Waals surface area contributed by atoms with Crippen LogP contribution in [0.2, 0.25) is 0 Å². The fourth-order valence-electron chi connectivity index (χ4n) is 3.67. The van der Waals surface area contributed by atoms with E-state index in [0.717, 1.165) is 42.8 Å². The number of hydrogen-bond acceptors (Lipinski definition) is 4. The summed E-state index contributed by atoms with van der Waals surface area (Å²) in [6.07, 6.45) is 9.61. The van der Waals surface area contributed by atoms with E-state index in [4.69, 9.17) is 0 Å². The average molecular weight is 340 g/mol. The van der Waals surface area contributed by atoms with E-state index in [0.29, 0.717) is 12.5 Å². The first kappa shape index (κ1) is 16.2. The minimum atomic E-state index is -0.572. The van der Waals surface area contributed by atoms with Crippen molar-refractivity contribution < 1.29 is 9.50 Å². The van der Waals surface area contributed by atoms with Crippen LogP contribution >= 0.6 is 0 Å². The van der Waals surface area contributed by atoms with E-state index in [1.807, 2.05) is 12.4 Å². The predicted octanol–water partition coefficient (Wildman–Crippen LogP) is 2.96. The molecule has 130 valence electrons. The summed E-state index contributed by atoms with van der Waals surface area (Å²) in [5.74, 6) is -0.277. The summed E-state index contributed by atoms with van der Waals surface area (Å²) in [6, 6.07) is 6.44. The van der Waals surface area contributed by atoms with Gasteiger partial charge < -0.3 is 5.11 Å². The molecule has 1 fully saturated rings. The van der Waals surface area contributed by atoms with Gasteiger partial charge >= 0.3 is 0 Å². The highest BCUT2D eigenvalue weighted by molar-refractivity contribution is 5.36. The highest BCUT2D eigenvalue weighted by Gasteiger charge is 2.27. The van der Waals surface area contributed by atoms with Gasteiger partial charge in [0.1, 0.15) is 5.82 Å². The lowest BCUT2D eigenvalue weighted by Gasteiger charge is -2.26. The fourth-order valence-corrected chi connectivity index (χ4v) is 3.67. The SMILES string of the molecule is O[C@H](C[C@H]1CCCN1Cc1cnc2cnccn12)c1ccc(F)cc1. The Bertz CT molecular complexity index is 848. The maximum absolute atomic E-state index is 13.1. The zero-order valence-electron chi connectivity index (χ0n) is 13.9. The van der Waals surface area contributed by atoms with Crippen molar-refractivity contribution >= 4 is 5.65 Å². The molecule has 4 rings (SSSR count). The molecule has 1 aliphatic rings. The Morgan fingerprint density at radius 2 is 2.08 bits per heavy atom. The molecule has 3 heterocycles. The average Bonchev–Trinajstić information content (AvgIpc) is 3.23. The van der Waals surface area contributed by atoms with Crippen molar-refractivity contribution in [2.75, 3.05) is 6.54 Å². The van der Waals surface area contributed by atoms with Crippen LogP contribution in [-0.4, -0.2) is 37.0 Å². The van der Waals surface area contributed by atoms with E-state index in [-0.39, 0.29) is 5.82 Å². The highest BCUT2D eigenvalue weighted by Crippen LogP contribution is 2.28. The first-order chi connectivity index (χ1) is 12.2. The molecular formula is C19H21FN4O. The van der Waals surface area contributed by atoms with Crippen molar-refractivity contribution in [1.82, 2.24) is 19.3 Å². The summed E-state index contributed by atoms with van der Waals surface area (Å²) in [4.78, 5) is 10.9. The Morgan fingerprint density at radius 1 is 1.24 bits per heavy atom. The number of rotatable bonds is 5. The molecule has 25 heavy (non-hydrogen) atoms. The summed E-state index contributed by atoms with van der Waals surface area (Å²) in [6.45, 7) is 1.81. The lowest BCUT2D eigenvalue weighted by atomic mass is 10.0. The first-order valence-electron chi connectivity index (χ1n) is 8.64. The maximum Gasteiger partial charge on any atom is 0.155 e. The van der Waals surface area contributed by atoms with Gasteiger partial charge in [0.25, 0.3) is 0 Å². The Labute approximate surface area is 145 Å². The third-order valence-electron chi connectivity index (χ3n) is 5.01. The molecule has 1 aliphatic heterocycles. The van der Waals surface area contributed by atoms with Crippen LogP contribution in [0.1, 0.15) is 36.6 Å². The number of fused-ring (bicyclic) bond motifs is 1. The summed E-state index contributed by atoms with van der Waals surface area (Å²) in [7, 11) is 0. The molecule has 0 bridgehead atoms. The van der Waals surface area contributed by atoms with Gasteiger partial charge in [-0.1, -0.05) is 12.1 Å². The molecule has 0 saturated carbocycles. The number of hydrogen-bond donors (Lipinski definition) is 1. The molecule has 0 amide bonds. The lowest BCUT2D eigenvalue weighted by Crippen LogP contribution is -2.30. The minimum Gasteiger partial charge on any atom is -0.388 e. The molecule has 5 nitrogen and oxygen atoms in total. The van der Waals surface area contributed by atoms with E-state index in [9.17, 15) is 9.50 Å². The van der Waals surface area contributed by atoms with Gasteiger partial charge in [-0.15, -0.1) is 0 Å². The summed E-state index contributed by atoms with van der Waals surface area (Å²) in [5.41, 5.74) is 2.74. The second-order valence-corrected chi connectivity index (χ2v) is 6.62. The number of benzene rings is 1. The summed E-state index contributed by atoms with van der Waals surface area (Å²) < 4.78 is 15.1. The Hall–Kier alpha value is -2.31. The zero-order valence-corrected chi connectivity index (χ0v) is 13.9. The lowest BCUT2D eigenvalue weighted by molar-refractivity contribution is 0.117. The largest absolute Gasteiger partial charge is 0.388 e. The van der Waals surface area contributed by atoms with Gasteiger partial charge in [0.05, 0.1) is 24.2 Å². The quantitative estimate of drug-likeness (QED) is 0.776. The third kappa shape index (κ3) is 3.41. The van der Waals surface area contributed by atoms with Gasteiger partial charge in [0.15, 0.2) is 5.65 Å². The molecule has 1 aromatic carbocycles. The van der Waals surface area contributed by atoms with E-state index >= 15 is 0 Å². The second-order valence-electron chi connectivity index (χ2n) is 6.62. The topological polar surface area (TPSA) is 53.7 Å². The fraction of sp³-hybridized carbons (Fsp3) is 0.368. The van der Waals surface area contributed by atoms with E-state index < -0.39 is 6.10 Å². The maximum atomic E-state index is 13.1. The number of halogens is 1. The molecule has 0 spiro atoms. The molecule has 0 radical (unpaired) electrons. The summed E-state index contributed by atoms with van der Waals surface area (Å²) in [5, 5.41) is 10.5. The molecule has 2 atom stereocenters. The molecule has 0 aliphatic carbocycles. The van der Waals surface area contributed by atoms with Gasteiger partial charge in [0.2, 0.25) is 0 Å². The first-order valence-corrected chi connectivity index (χ1v) is 8.64. The van der Waals surface area contributed by atoms with Gasteiger partial charge in [-0.25, -0.2) is 9.37 Å². The molecule has 0 unspecified atom stereocenters. The molecule has 3 aromatic rings. The number of likely N-dealkylation sites (tertiary alicyclic amines) is 1. The number of nitrogens with zero attached hydrogens (tertiary/aromatic N) is 4. The number of aliphatic hydroxyl groups excluding tert-OH is 1. The molecule has 1 saturated heterocycles. The Kier molecular flexibility index (Phi) is 4.46. The van der Waals surface area contributed by atoms with Crippen molar-refractivity contribution in [1.29, 1.82) is 0 Å². The summed E-state index contributed by atoms with van der Waals surface area (Å²) >= 11 is 0. The molecule has 6 heteroatoms. The van der Waals surface area contributed by atoms with E-state index in [1.54, 1.807) is 24.5 Å².